The van der Waals surface area contributed by atoms with Gasteiger partial charge in [0.05, 0.1) is 0 Å². The molecule has 0 bridgehead atoms. The van der Waals surface area contributed by atoms with Crippen molar-refractivity contribution < 1.29 is 14.3 Å². The SMILES string of the molecule is CCOC(CCC1CC(C)C(=O)N1)OCC. The van der Waals surface area contributed by atoms with Crippen molar-refractivity contribution in [3.8, 4) is 0 Å². The lowest BCUT2D eigenvalue weighted by atomic mass is 10.0. The van der Waals surface area contributed by atoms with E-state index in [1.807, 2.05) is 20.8 Å². The Morgan fingerprint density at radius 3 is 2.44 bits per heavy atom. The van der Waals surface area contributed by atoms with Crippen LogP contribution in [0.4, 0.5) is 0 Å². The maximum atomic E-state index is 11.3. The number of hydrogen-bond acceptors (Lipinski definition) is 3. The first-order chi connectivity index (χ1) is 7.67. The fraction of sp³-hybridized carbons (Fsp3) is 0.917. The number of rotatable bonds is 7. The third kappa shape index (κ3) is 4.10. The van der Waals surface area contributed by atoms with Crippen LogP contribution >= 0.6 is 0 Å². The molecule has 1 aliphatic heterocycles. The molecule has 0 aromatic carbocycles. The number of amides is 1. The van der Waals surface area contributed by atoms with E-state index in [-0.39, 0.29) is 18.1 Å². The topological polar surface area (TPSA) is 47.6 Å². The Balaban J connectivity index is 2.24. The highest BCUT2D eigenvalue weighted by molar-refractivity contribution is 5.80. The van der Waals surface area contributed by atoms with E-state index < -0.39 is 0 Å². The normalized spacial score (nSPS) is 25.1. The van der Waals surface area contributed by atoms with Crippen LogP contribution in [0.15, 0.2) is 0 Å². The van der Waals surface area contributed by atoms with Crippen molar-refractivity contribution in [1.29, 1.82) is 0 Å². The summed E-state index contributed by atoms with van der Waals surface area (Å²) in [5.74, 6) is 0.331. The molecule has 1 heterocycles. The van der Waals surface area contributed by atoms with Crippen LogP contribution in [0.25, 0.3) is 0 Å². The highest BCUT2D eigenvalue weighted by Crippen LogP contribution is 2.19. The van der Waals surface area contributed by atoms with Crippen molar-refractivity contribution in [3.63, 3.8) is 0 Å². The number of carbonyl (C=O) groups excluding carboxylic acids is 1. The van der Waals surface area contributed by atoms with Gasteiger partial charge in [-0.05, 0) is 26.7 Å². The number of hydrogen-bond donors (Lipinski definition) is 1. The first kappa shape index (κ1) is 13.5. The second-order valence-corrected chi connectivity index (χ2v) is 4.26. The van der Waals surface area contributed by atoms with Crippen molar-refractivity contribution in [1.82, 2.24) is 5.32 Å². The maximum Gasteiger partial charge on any atom is 0.223 e. The van der Waals surface area contributed by atoms with Gasteiger partial charge in [0.25, 0.3) is 0 Å². The van der Waals surface area contributed by atoms with E-state index in [4.69, 9.17) is 9.47 Å². The smallest absolute Gasteiger partial charge is 0.223 e. The van der Waals surface area contributed by atoms with Crippen LogP contribution < -0.4 is 5.32 Å². The molecule has 4 heteroatoms. The van der Waals surface area contributed by atoms with Gasteiger partial charge in [-0.2, -0.15) is 0 Å². The Morgan fingerprint density at radius 2 is 2.00 bits per heavy atom. The predicted molar refractivity (Wildman–Crippen MR) is 62.0 cm³/mol. The second-order valence-electron chi connectivity index (χ2n) is 4.26. The fourth-order valence-electron chi connectivity index (χ4n) is 2.05. The Labute approximate surface area is 97.7 Å². The zero-order valence-electron chi connectivity index (χ0n) is 10.5. The van der Waals surface area contributed by atoms with E-state index in [0.717, 1.165) is 19.3 Å². The molecule has 0 aliphatic carbocycles. The van der Waals surface area contributed by atoms with Crippen LogP contribution in [0.3, 0.4) is 0 Å². The quantitative estimate of drug-likeness (QED) is 0.676. The third-order valence-corrected chi connectivity index (χ3v) is 2.89. The van der Waals surface area contributed by atoms with Gasteiger partial charge in [0, 0.05) is 31.6 Å². The molecule has 1 amide bonds. The van der Waals surface area contributed by atoms with Crippen LogP contribution in [0.1, 0.15) is 40.0 Å². The van der Waals surface area contributed by atoms with Gasteiger partial charge in [-0.1, -0.05) is 6.92 Å². The summed E-state index contributed by atoms with van der Waals surface area (Å²) >= 11 is 0. The van der Waals surface area contributed by atoms with E-state index in [9.17, 15) is 4.79 Å². The lowest BCUT2D eigenvalue weighted by Gasteiger charge is -2.18. The molecule has 4 nitrogen and oxygen atoms in total. The molecule has 1 N–H and O–H groups in total. The average Bonchev–Trinajstić information content (AvgIpc) is 2.56. The molecular formula is C12H23NO3. The van der Waals surface area contributed by atoms with E-state index in [1.165, 1.54) is 0 Å². The van der Waals surface area contributed by atoms with Crippen molar-refractivity contribution in [2.75, 3.05) is 13.2 Å². The van der Waals surface area contributed by atoms with Crippen LogP contribution in [0, 0.1) is 5.92 Å². The van der Waals surface area contributed by atoms with Crippen LogP contribution in [0.2, 0.25) is 0 Å². The van der Waals surface area contributed by atoms with Crippen molar-refractivity contribution >= 4 is 5.91 Å². The van der Waals surface area contributed by atoms with Gasteiger partial charge in [0.15, 0.2) is 6.29 Å². The van der Waals surface area contributed by atoms with Gasteiger partial charge in [-0.3, -0.25) is 4.79 Å². The fourth-order valence-corrected chi connectivity index (χ4v) is 2.05. The van der Waals surface area contributed by atoms with Gasteiger partial charge in [0.2, 0.25) is 5.91 Å². The molecule has 0 saturated carbocycles. The van der Waals surface area contributed by atoms with Crippen molar-refractivity contribution in [2.24, 2.45) is 5.92 Å². The van der Waals surface area contributed by atoms with Crippen LogP contribution in [-0.4, -0.2) is 31.5 Å². The molecule has 1 rings (SSSR count). The van der Waals surface area contributed by atoms with E-state index in [2.05, 4.69) is 5.32 Å². The molecular weight excluding hydrogens is 206 g/mol. The summed E-state index contributed by atoms with van der Waals surface area (Å²) in [5.41, 5.74) is 0. The number of nitrogens with one attached hydrogen (secondary N) is 1. The highest BCUT2D eigenvalue weighted by atomic mass is 16.7. The molecule has 16 heavy (non-hydrogen) atoms. The minimum Gasteiger partial charge on any atom is -0.353 e. The van der Waals surface area contributed by atoms with Gasteiger partial charge in [-0.15, -0.1) is 0 Å². The Kier molecular flexibility index (Phi) is 5.77. The van der Waals surface area contributed by atoms with Gasteiger partial charge in [0.1, 0.15) is 0 Å². The summed E-state index contributed by atoms with van der Waals surface area (Å²) in [6.07, 6.45) is 2.59. The summed E-state index contributed by atoms with van der Waals surface area (Å²) in [6, 6.07) is 0.297. The summed E-state index contributed by atoms with van der Waals surface area (Å²) in [6.45, 7) is 7.23. The van der Waals surface area contributed by atoms with Crippen LogP contribution in [-0.2, 0) is 14.3 Å². The molecule has 94 valence electrons. The molecule has 2 unspecified atom stereocenters. The lowest BCUT2D eigenvalue weighted by Crippen LogP contribution is -2.28. The zero-order valence-corrected chi connectivity index (χ0v) is 10.5. The standard InChI is InChI=1S/C12H23NO3/c1-4-15-11(16-5-2)7-6-10-8-9(3)12(14)13-10/h9-11H,4-8H2,1-3H3,(H,13,14). The summed E-state index contributed by atoms with van der Waals surface area (Å²) in [5, 5.41) is 2.99. The minimum atomic E-state index is -0.122. The summed E-state index contributed by atoms with van der Waals surface area (Å²) in [7, 11) is 0. The van der Waals surface area contributed by atoms with Gasteiger partial charge in [-0.25, -0.2) is 0 Å². The zero-order chi connectivity index (χ0) is 12.0. The third-order valence-electron chi connectivity index (χ3n) is 2.89. The number of carbonyl (C=O) groups is 1. The molecule has 0 aromatic heterocycles. The summed E-state index contributed by atoms with van der Waals surface area (Å²) in [4.78, 5) is 11.3. The molecule has 1 saturated heterocycles. The molecule has 0 aromatic rings. The number of ether oxygens (including phenoxy) is 2. The monoisotopic (exact) mass is 229 g/mol. The Morgan fingerprint density at radius 1 is 1.38 bits per heavy atom. The highest BCUT2D eigenvalue weighted by Gasteiger charge is 2.28. The lowest BCUT2D eigenvalue weighted by molar-refractivity contribution is -0.141. The first-order valence-corrected chi connectivity index (χ1v) is 6.20. The largest absolute Gasteiger partial charge is 0.353 e. The summed E-state index contributed by atoms with van der Waals surface area (Å²) < 4.78 is 10.9. The van der Waals surface area contributed by atoms with Crippen LogP contribution in [0.5, 0.6) is 0 Å². The van der Waals surface area contributed by atoms with Crippen molar-refractivity contribution in [3.05, 3.63) is 0 Å². The maximum absolute atomic E-state index is 11.3. The second kappa shape index (κ2) is 6.86. The first-order valence-electron chi connectivity index (χ1n) is 6.20. The Hall–Kier alpha value is -0.610. The van der Waals surface area contributed by atoms with E-state index >= 15 is 0 Å². The Bertz CT molecular complexity index is 214. The van der Waals surface area contributed by atoms with Crippen molar-refractivity contribution in [2.45, 2.75) is 52.4 Å². The van der Waals surface area contributed by atoms with E-state index in [0.29, 0.717) is 19.3 Å². The molecule has 1 fully saturated rings. The van der Waals surface area contributed by atoms with Gasteiger partial charge >= 0.3 is 0 Å². The average molecular weight is 229 g/mol. The predicted octanol–water partition coefficient (Wildman–Crippen LogP) is 1.69. The van der Waals surface area contributed by atoms with E-state index in [1.54, 1.807) is 0 Å². The minimum absolute atomic E-state index is 0.122. The molecule has 0 radical (unpaired) electrons. The van der Waals surface area contributed by atoms with Gasteiger partial charge < -0.3 is 14.8 Å². The molecule has 1 aliphatic rings. The molecule has 0 spiro atoms. The molecule has 2 atom stereocenters.